The Kier molecular flexibility index (Phi) is 6.93. The van der Waals surface area contributed by atoms with Crippen LogP contribution in [0.15, 0.2) is 30.3 Å². The number of aryl methyl sites for hydroxylation is 2. The van der Waals surface area contributed by atoms with Gasteiger partial charge in [0, 0.05) is 11.6 Å². The largest absolute Gasteiger partial charge is 0.493 e. The summed E-state index contributed by atoms with van der Waals surface area (Å²) in [7, 11) is 1.34. The fourth-order valence-electron chi connectivity index (χ4n) is 2.70. The Hall–Kier alpha value is -3.42. The van der Waals surface area contributed by atoms with Gasteiger partial charge in [0.05, 0.1) is 24.7 Å². The number of carbonyl (C=O) groups is 2. The highest BCUT2D eigenvalue weighted by atomic mass is 16.6. The second-order valence-electron chi connectivity index (χ2n) is 6.42. The molecule has 0 bridgehead atoms. The molecule has 0 saturated heterocycles. The Morgan fingerprint density at radius 1 is 1.10 bits per heavy atom. The van der Waals surface area contributed by atoms with E-state index in [9.17, 15) is 19.7 Å². The molecule has 8 heteroatoms. The lowest BCUT2D eigenvalue weighted by Crippen LogP contribution is -2.25. The smallest absolute Gasteiger partial charge is 0.346 e. The van der Waals surface area contributed by atoms with Gasteiger partial charge in [-0.2, -0.15) is 0 Å². The molecule has 2 aromatic carbocycles. The van der Waals surface area contributed by atoms with Crippen LogP contribution in [-0.4, -0.2) is 36.5 Å². The van der Waals surface area contributed by atoms with Gasteiger partial charge in [0.1, 0.15) is 5.56 Å². The van der Waals surface area contributed by atoms with Gasteiger partial charge in [-0.05, 0) is 44.9 Å². The number of methoxy groups -OCH3 is 1. The molecule has 0 aliphatic rings. The molecule has 0 aliphatic carbocycles. The zero-order valence-corrected chi connectivity index (χ0v) is 17.0. The highest BCUT2D eigenvalue weighted by molar-refractivity contribution is 6.02. The van der Waals surface area contributed by atoms with E-state index < -0.39 is 28.5 Å². The van der Waals surface area contributed by atoms with Gasteiger partial charge < -0.3 is 14.2 Å². The second kappa shape index (κ2) is 9.18. The van der Waals surface area contributed by atoms with Gasteiger partial charge in [-0.1, -0.05) is 12.1 Å². The first-order valence-electron chi connectivity index (χ1n) is 9.01. The number of hydrogen-bond donors (Lipinski definition) is 0. The van der Waals surface area contributed by atoms with Gasteiger partial charge in [0.2, 0.25) is 5.78 Å². The molecule has 0 fully saturated rings. The Morgan fingerprint density at radius 3 is 2.34 bits per heavy atom. The van der Waals surface area contributed by atoms with Crippen LogP contribution in [0.5, 0.6) is 11.5 Å². The van der Waals surface area contributed by atoms with Crippen LogP contribution >= 0.6 is 0 Å². The molecule has 8 nitrogen and oxygen atoms in total. The highest BCUT2D eigenvalue weighted by Gasteiger charge is 2.28. The number of Topliss-reactive ketones (excluding diaryl/α,β-unsaturated/α-hetero) is 1. The molecule has 0 N–H and O–H groups in total. The molecule has 2 aromatic rings. The lowest BCUT2D eigenvalue weighted by Gasteiger charge is -2.15. The van der Waals surface area contributed by atoms with Gasteiger partial charge in [-0.15, -0.1) is 0 Å². The van der Waals surface area contributed by atoms with E-state index in [1.807, 2.05) is 13.8 Å². The number of esters is 1. The third-order valence-corrected chi connectivity index (χ3v) is 4.44. The van der Waals surface area contributed by atoms with E-state index in [0.29, 0.717) is 5.56 Å². The molecule has 1 atom stereocenters. The summed E-state index contributed by atoms with van der Waals surface area (Å²) >= 11 is 0. The summed E-state index contributed by atoms with van der Waals surface area (Å²) in [5.74, 6) is -1.11. The van der Waals surface area contributed by atoms with Crippen molar-refractivity contribution in [1.82, 2.24) is 0 Å². The Morgan fingerprint density at radius 2 is 1.79 bits per heavy atom. The zero-order chi connectivity index (χ0) is 21.7. The molecule has 154 valence electrons. The molecule has 0 spiro atoms. The number of carbonyl (C=O) groups excluding carboxylic acids is 2. The predicted molar refractivity (Wildman–Crippen MR) is 106 cm³/mol. The van der Waals surface area contributed by atoms with Crippen molar-refractivity contribution in [2.75, 3.05) is 13.7 Å². The Labute approximate surface area is 168 Å². The first-order chi connectivity index (χ1) is 13.7. The van der Waals surface area contributed by atoms with Crippen LogP contribution in [-0.2, 0) is 4.74 Å². The minimum Gasteiger partial charge on any atom is -0.493 e. The van der Waals surface area contributed by atoms with Gasteiger partial charge in [-0.25, -0.2) is 4.79 Å². The quantitative estimate of drug-likeness (QED) is 0.284. The van der Waals surface area contributed by atoms with E-state index in [1.165, 1.54) is 20.1 Å². The summed E-state index contributed by atoms with van der Waals surface area (Å²) in [6, 6.07) is 7.45. The SMILES string of the molecule is CCOc1cc(C(=O)O[C@@H](C)C(=O)c2ccc(C)c(C)c2)c([N+](=O)[O-])cc1OC. The van der Waals surface area contributed by atoms with Crippen LogP contribution in [0.25, 0.3) is 0 Å². The van der Waals surface area contributed by atoms with Gasteiger partial charge in [0.15, 0.2) is 17.6 Å². The van der Waals surface area contributed by atoms with Crippen LogP contribution in [0.1, 0.15) is 45.7 Å². The minimum absolute atomic E-state index is 0.120. The number of ketones is 1. The molecular weight excluding hydrogens is 378 g/mol. The Balaban J connectivity index is 2.32. The molecule has 0 unspecified atom stereocenters. The maximum Gasteiger partial charge on any atom is 0.346 e. The Bertz CT molecular complexity index is 952. The third kappa shape index (κ3) is 4.90. The molecule has 0 radical (unpaired) electrons. The summed E-state index contributed by atoms with van der Waals surface area (Å²) in [5.41, 5.74) is 1.54. The average Bonchev–Trinajstić information content (AvgIpc) is 2.69. The van der Waals surface area contributed by atoms with Crippen LogP contribution < -0.4 is 9.47 Å². The van der Waals surface area contributed by atoms with Gasteiger partial charge in [0.25, 0.3) is 5.69 Å². The van der Waals surface area contributed by atoms with E-state index >= 15 is 0 Å². The van der Waals surface area contributed by atoms with Crippen molar-refractivity contribution in [3.05, 3.63) is 62.7 Å². The van der Waals surface area contributed by atoms with Crippen molar-refractivity contribution in [1.29, 1.82) is 0 Å². The summed E-state index contributed by atoms with van der Waals surface area (Å²) in [5, 5.41) is 11.4. The molecule has 0 saturated carbocycles. The van der Waals surface area contributed by atoms with E-state index in [4.69, 9.17) is 14.2 Å². The summed E-state index contributed by atoms with van der Waals surface area (Å²) in [4.78, 5) is 35.9. The van der Waals surface area contributed by atoms with Crippen molar-refractivity contribution in [2.45, 2.75) is 33.8 Å². The van der Waals surface area contributed by atoms with Crippen molar-refractivity contribution < 1.29 is 28.7 Å². The van der Waals surface area contributed by atoms with Crippen molar-refractivity contribution in [3.8, 4) is 11.5 Å². The fourth-order valence-corrected chi connectivity index (χ4v) is 2.70. The average molecular weight is 401 g/mol. The van der Waals surface area contributed by atoms with Crippen LogP contribution in [0.2, 0.25) is 0 Å². The standard InChI is InChI=1S/C21H23NO7/c1-6-28-19-10-16(17(22(25)26)11-18(19)27-5)21(24)29-14(4)20(23)15-8-7-12(2)13(3)9-15/h7-11,14H,6H2,1-5H3/t14-/m0/s1. The number of benzene rings is 2. The van der Waals surface area contributed by atoms with Crippen LogP contribution in [0.3, 0.4) is 0 Å². The van der Waals surface area contributed by atoms with Crippen LogP contribution in [0.4, 0.5) is 5.69 Å². The van der Waals surface area contributed by atoms with Crippen molar-refractivity contribution in [2.24, 2.45) is 0 Å². The molecule has 2 rings (SSSR count). The molecule has 0 heterocycles. The third-order valence-electron chi connectivity index (χ3n) is 4.44. The fraction of sp³-hybridized carbons (Fsp3) is 0.333. The first-order valence-corrected chi connectivity index (χ1v) is 9.01. The molecule has 0 amide bonds. The monoisotopic (exact) mass is 401 g/mol. The summed E-state index contributed by atoms with van der Waals surface area (Å²) in [6.45, 7) is 7.21. The van der Waals surface area contributed by atoms with Crippen LogP contribution in [0, 0.1) is 24.0 Å². The number of rotatable bonds is 8. The molecule has 0 aromatic heterocycles. The summed E-state index contributed by atoms with van der Waals surface area (Å²) in [6.07, 6.45) is -1.12. The van der Waals surface area contributed by atoms with Crippen molar-refractivity contribution in [3.63, 3.8) is 0 Å². The summed E-state index contributed by atoms with van der Waals surface area (Å²) < 4.78 is 15.7. The number of ether oxygens (including phenoxy) is 3. The van der Waals surface area contributed by atoms with E-state index in [-0.39, 0.29) is 23.7 Å². The molecular formula is C21H23NO7. The van der Waals surface area contributed by atoms with E-state index in [0.717, 1.165) is 17.2 Å². The molecule has 29 heavy (non-hydrogen) atoms. The number of nitrogens with zero attached hydrogens (tertiary/aromatic N) is 1. The second-order valence-corrected chi connectivity index (χ2v) is 6.42. The maximum absolute atomic E-state index is 12.6. The minimum atomic E-state index is -1.12. The topological polar surface area (TPSA) is 105 Å². The lowest BCUT2D eigenvalue weighted by molar-refractivity contribution is -0.385. The normalized spacial score (nSPS) is 11.5. The van der Waals surface area contributed by atoms with E-state index in [2.05, 4.69) is 0 Å². The zero-order valence-electron chi connectivity index (χ0n) is 17.0. The van der Waals surface area contributed by atoms with E-state index in [1.54, 1.807) is 25.1 Å². The lowest BCUT2D eigenvalue weighted by atomic mass is 10.0. The van der Waals surface area contributed by atoms with Crippen molar-refractivity contribution >= 4 is 17.4 Å². The maximum atomic E-state index is 12.6. The number of hydrogen-bond acceptors (Lipinski definition) is 7. The number of nitro benzene ring substituents is 1. The first kappa shape index (κ1) is 21.9. The van der Waals surface area contributed by atoms with Gasteiger partial charge in [-0.3, -0.25) is 14.9 Å². The molecule has 0 aliphatic heterocycles. The van der Waals surface area contributed by atoms with Gasteiger partial charge >= 0.3 is 5.97 Å². The number of nitro groups is 1. The highest BCUT2D eigenvalue weighted by Crippen LogP contribution is 2.35. The predicted octanol–water partition coefficient (Wildman–Crippen LogP) is 4.05.